The van der Waals surface area contributed by atoms with Crippen LogP contribution in [0.25, 0.3) is 0 Å². The minimum Gasteiger partial charge on any atom is -0.329 e. The first-order valence-electron chi connectivity index (χ1n) is 3.82. The number of likely N-dealkylation sites (tertiary alicyclic amines) is 1. The zero-order valence-corrected chi connectivity index (χ0v) is 6.64. The lowest BCUT2D eigenvalue weighted by atomic mass is 10.0. The summed E-state index contributed by atoms with van der Waals surface area (Å²) in [5, 5.41) is 0. The first-order valence-corrected chi connectivity index (χ1v) is 3.82. The summed E-state index contributed by atoms with van der Waals surface area (Å²) < 4.78 is 0. The molecule has 1 atom stereocenters. The summed E-state index contributed by atoms with van der Waals surface area (Å²) in [5.74, 6) is 0. The zero-order chi connectivity index (χ0) is 7.56. The van der Waals surface area contributed by atoms with Crippen molar-refractivity contribution in [3.05, 3.63) is 12.2 Å². The molecule has 0 aromatic rings. The van der Waals surface area contributed by atoms with Gasteiger partial charge in [0.05, 0.1) is 0 Å². The van der Waals surface area contributed by atoms with Gasteiger partial charge in [-0.2, -0.15) is 0 Å². The van der Waals surface area contributed by atoms with Crippen LogP contribution in [0.5, 0.6) is 0 Å². The van der Waals surface area contributed by atoms with Crippen molar-refractivity contribution in [1.82, 2.24) is 4.90 Å². The SMILES string of the molecule is C=C(C)CN1CCC1CN. The third-order valence-corrected chi connectivity index (χ3v) is 2.01. The minimum absolute atomic E-state index is 0.636. The predicted molar refractivity (Wildman–Crippen MR) is 43.8 cm³/mol. The van der Waals surface area contributed by atoms with Gasteiger partial charge in [-0.3, -0.25) is 4.90 Å². The molecule has 0 aromatic carbocycles. The minimum atomic E-state index is 0.636. The second kappa shape index (κ2) is 3.17. The number of nitrogens with zero attached hydrogens (tertiary/aromatic N) is 1. The summed E-state index contributed by atoms with van der Waals surface area (Å²) in [5.41, 5.74) is 6.76. The van der Waals surface area contributed by atoms with Crippen LogP contribution in [0.3, 0.4) is 0 Å². The molecule has 10 heavy (non-hydrogen) atoms. The van der Waals surface area contributed by atoms with Crippen molar-refractivity contribution in [1.29, 1.82) is 0 Å². The van der Waals surface area contributed by atoms with Crippen molar-refractivity contribution < 1.29 is 0 Å². The Bertz CT molecular complexity index is 129. The maximum atomic E-state index is 5.53. The van der Waals surface area contributed by atoms with Gasteiger partial charge >= 0.3 is 0 Å². The summed E-state index contributed by atoms with van der Waals surface area (Å²) in [7, 11) is 0. The molecule has 58 valence electrons. The van der Waals surface area contributed by atoms with E-state index >= 15 is 0 Å². The highest BCUT2D eigenvalue weighted by atomic mass is 15.2. The maximum absolute atomic E-state index is 5.53. The molecule has 1 heterocycles. The quantitative estimate of drug-likeness (QED) is 0.581. The summed E-state index contributed by atoms with van der Waals surface area (Å²) in [6, 6.07) is 0.636. The molecule has 1 saturated heterocycles. The summed E-state index contributed by atoms with van der Waals surface area (Å²) in [6.07, 6.45) is 1.27. The van der Waals surface area contributed by atoms with E-state index in [4.69, 9.17) is 5.73 Å². The van der Waals surface area contributed by atoms with E-state index in [0.717, 1.165) is 13.1 Å². The highest BCUT2D eigenvalue weighted by Gasteiger charge is 2.25. The van der Waals surface area contributed by atoms with Crippen LogP contribution in [0.15, 0.2) is 12.2 Å². The van der Waals surface area contributed by atoms with Crippen LogP contribution in [0, 0.1) is 0 Å². The Hall–Kier alpha value is -0.340. The average Bonchev–Trinajstić information content (AvgIpc) is 1.82. The van der Waals surface area contributed by atoms with Crippen LogP contribution in [-0.2, 0) is 0 Å². The largest absolute Gasteiger partial charge is 0.329 e. The topological polar surface area (TPSA) is 29.3 Å². The Morgan fingerprint density at radius 3 is 2.80 bits per heavy atom. The van der Waals surface area contributed by atoms with E-state index in [1.54, 1.807) is 0 Å². The second-order valence-electron chi connectivity index (χ2n) is 3.11. The molecule has 0 radical (unpaired) electrons. The monoisotopic (exact) mass is 140 g/mol. The molecule has 1 aliphatic rings. The number of hydrogen-bond acceptors (Lipinski definition) is 2. The molecule has 0 saturated carbocycles. The lowest BCUT2D eigenvalue weighted by molar-refractivity contribution is 0.110. The molecule has 0 spiro atoms. The summed E-state index contributed by atoms with van der Waals surface area (Å²) in [6.45, 7) is 8.96. The summed E-state index contributed by atoms with van der Waals surface area (Å²) in [4.78, 5) is 2.38. The van der Waals surface area contributed by atoms with Gasteiger partial charge in [0, 0.05) is 25.7 Å². The molecular weight excluding hydrogens is 124 g/mol. The molecule has 1 fully saturated rings. The number of hydrogen-bond donors (Lipinski definition) is 1. The fourth-order valence-electron chi connectivity index (χ4n) is 1.32. The smallest absolute Gasteiger partial charge is 0.0234 e. The lowest BCUT2D eigenvalue weighted by Crippen LogP contribution is -2.51. The molecule has 1 rings (SSSR count). The van der Waals surface area contributed by atoms with Crippen LogP contribution in [-0.4, -0.2) is 30.6 Å². The van der Waals surface area contributed by atoms with E-state index in [0.29, 0.717) is 6.04 Å². The van der Waals surface area contributed by atoms with Crippen molar-refractivity contribution in [3.8, 4) is 0 Å². The van der Waals surface area contributed by atoms with Crippen LogP contribution in [0.4, 0.5) is 0 Å². The van der Waals surface area contributed by atoms with Crippen molar-refractivity contribution in [2.24, 2.45) is 5.73 Å². The Kier molecular flexibility index (Phi) is 2.46. The van der Waals surface area contributed by atoms with E-state index < -0.39 is 0 Å². The van der Waals surface area contributed by atoms with Gasteiger partial charge in [0.15, 0.2) is 0 Å². The van der Waals surface area contributed by atoms with E-state index in [9.17, 15) is 0 Å². The molecule has 2 N–H and O–H groups in total. The van der Waals surface area contributed by atoms with Crippen molar-refractivity contribution in [3.63, 3.8) is 0 Å². The van der Waals surface area contributed by atoms with Crippen LogP contribution in [0.1, 0.15) is 13.3 Å². The number of nitrogens with two attached hydrogens (primary N) is 1. The van der Waals surface area contributed by atoms with Crippen molar-refractivity contribution in [2.75, 3.05) is 19.6 Å². The van der Waals surface area contributed by atoms with Gasteiger partial charge in [-0.25, -0.2) is 0 Å². The maximum Gasteiger partial charge on any atom is 0.0234 e. The molecular formula is C8H16N2. The molecule has 1 unspecified atom stereocenters. The molecule has 0 bridgehead atoms. The highest BCUT2D eigenvalue weighted by molar-refractivity contribution is 4.97. The Morgan fingerprint density at radius 2 is 2.50 bits per heavy atom. The first-order chi connectivity index (χ1) is 4.74. The van der Waals surface area contributed by atoms with Gasteiger partial charge in [0.2, 0.25) is 0 Å². The Balaban J connectivity index is 2.23. The second-order valence-corrected chi connectivity index (χ2v) is 3.11. The molecule has 2 heteroatoms. The number of rotatable bonds is 3. The van der Waals surface area contributed by atoms with Gasteiger partial charge in [-0.15, -0.1) is 0 Å². The van der Waals surface area contributed by atoms with E-state index in [-0.39, 0.29) is 0 Å². The molecule has 2 nitrogen and oxygen atoms in total. The fraction of sp³-hybridized carbons (Fsp3) is 0.750. The first kappa shape index (κ1) is 7.76. The van der Waals surface area contributed by atoms with Gasteiger partial charge in [0.25, 0.3) is 0 Å². The molecule has 1 aliphatic heterocycles. The summed E-state index contributed by atoms with van der Waals surface area (Å²) >= 11 is 0. The zero-order valence-electron chi connectivity index (χ0n) is 6.64. The standard InChI is InChI=1S/C8H16N2/c1-7(2)6-10-4-3-8(10)5-9/h8H,1,3-6,9H2,2H3. The molecule has 0 aromatic heterocycles. The van der Waals surface area contributed by atoms with E-state index in [1.165, 1.54) is 18.5 Å². The Labute approximate surface area is 62.7 Å². The van der Waals surface area contributed by atoms with Gasteiger partial charge in [-0.1, -0.05) is 12.2 Å². The van der Waals surface area contributed by atoms with Crippen LogP contribution >= 0.6 is 0 Å². The highest BCUT2D eigenvalue weighted by Crippen LogP contribution is 2.16. The third kappa shape index (κ3) is 1.58. The van der Waals surface area contributed by atoms with Crippen molar-refractivity contribution >= 4 is 0 Å². The average molecular weight is 140 g/mol. The van der Waals surface area contributed by atoms with E-state index in [2.05, 4.69) is 18.4 Å². The van der Waals surface area contributed by atoms with Gasteiger partial charge < -0.3 is 5.73 Å². The van der Waals surface area contributed by atoms with Crippen LogP contribution in [0.2, 0.25) is 0 Å². The molecule has 0 amide bonds. The fourth-order valence-corrected chi connectivity index (χ4v) is 1.32. The third-order valence-electron chi connectivity index (χ3n) is 2.01. The van der Waals surface area contributed by atoms with Gasteiger partial charge in [-0.05, 0) is 13.3 Å². The predicted octanol–water partition coefficient (Wildman–Crippen LogP) is 0.596. The van der Waals surface area contributed by atoms with Crippen molar-refractivity contribution in [2.45, 2.75) is 19.4 Å². The molecule has 0 aliphatic carbocycles. The lowest BCUT2D eigenvalue weighted by Gasteiger charge is -2.40. The van der Waals surface area contributed by atoms with E-state index in [1.807, 2.05) is 0 Å². The van der Waals surface area contributed by atoms with Gasteiger partial charge in [0.1, 0.15) is 0 Å². The van der Waals surface area contributed by atoms with Crippen LogP contribution < -0.4 is 5.73 Å². The normalized spacial score (nSPS) is 26.0. The Morgan fingerprint density at radius 1 is 1.80 bits per heavy atom.